The van der Waals surface area contributed by atoms with Gasteiger partial charge in [-0.3, -0.25) is 4.79 Å². The minimum atomic E-state index is -0.638. The molecule has 160 valence electrons. The van der Waals surface area contributed by atoms with Gasteiger partial charge in [0.1, 0.15) is 0 Å². The normalized spacial score (nSPS) is 50.2. The molecule has 3 heteroatoms. The van der Waals surface area contributed by atoms with E-state index in [2.05, 4.69) is 20.8 Å². The maximum atomic E-state index is 11.4. The minimum absolute atomic E-state index is 0.0589. The van der Waals surface area contributed by atoms with E-state index in [9.17, 15) is 15.0 Å². The molecular formula is C25H42O3. The van der Waals surface area contributed by atoms with Crippen molar-refractivity contribution in [1.29, 1.82) is 0 Å². The molecule has 0 aromatic heterocycles. The molecule has 10 atom stereocenters. The average Bonchev–Trinajstić information content (AvgIpc) is 2.99. The van der Waals surface area contributed by atoms with Crippen LogP contribution in [0.4, 0.5) is 0 Å². The van der Waals surface area contributed by atoms with Crippen LogP contribution in [0.15, 0.2) is 0 Å². The largest absolute Gasteiger partial charge is 0.481 e. The molecule has 0 saturated heterocycles. The molecule has 4 aliphatic carbocycles. The van der Waals surface area contributed by atoms with Crippen LogP contribution in [0, 0.1) is 52.3 Å². The Labute approximate surface area is 171 Å². The molecule has 0 radical (unpaired) electrons. The summed E-state index contributed by atoms with van der Waals surface area (Å²) in [5.74, 6) is 3.62. The van der Waals surface area contributed by atoms with Crippen LogP contribution in [-0.2, 0) is 4.79 Å². The molecule has 4 aliphatic rings. The number of carboxylic acid groups (broad SMARTS) is 1. The zero-order valence-electron chi connectivity index (χ0n) is 18.5. The number of fused-ring (bicyclic) bond motifs is 5. The summed E-state index contributed by atoms with van der Waals surface area (Å²) in [7, 11) is 0. The van der Waals surface area contributed by atoms with Gasteiger partial charge in [0.2, 0.25) is 0 Å². The highest BCUT2D eigenvalue weighted by Crippen LogP contribution is 2.68. The van der Waals surface area contributed by atoms with Gasteiger partial charge in [0.25, 0.3) is 0 Å². The van der Waals surface area contributed by atoms with Crippen LogP contribution in [0.25, 0.3) is 0 Å². The zero-order valence-corrected chi connectivity index (χ0v) is 18.5. The van der Waals surface area contributed by atoms with E-state index < -0.39 is 5.97 Å². The van der Waals surface area contributed by atoms with Crippen molar-refractivity contribution in [2.75, 3.05) is 0 Å². The Kier molecular flexibility index (Phi) is 5.39. The molecular weight excluding hydrogens is 348 g/mol. The second-order valence-electron chi connectivity index (χ2n) is 11.8. The SMILES string of the molecule is C[C@H](C[C@@H](C)[C@H]1CC[C@H]2[C@@H]3CC[C@@H]4C[C@H](O)CC[C@]4(C)[C@H]3CC[C@]12C)C(=O)O. The van der Waals surface area contributed by atoms with Gasteiger partial charge >= 0.3 is 5.97 Å². The molecule has 4 fully saturated rings. The van der Waals surface area contributed by atoms with Crippen LogP contribution in [0.2, 0.25) is 0 Å². The molecule has 4 rings (SSSR count). The molecule has 0 bridgehead atoms. The fourth-order valence-electron chi connectivity index (χ4n) is 9.03. The van der Waals surface area contributed by atoms with Gasteiger partial charge in [-0.15, -0.1) is 0 Å². The highest BCUT2D eigenvalue weighted by atomic mass is 16.4. The van der Waals surface area contributed by atoms with Crippen LogP contribution < -0.4 is 0 Å². The number of hydrogen-bond acceptors (Lipinski definition) is 2. The van der Waals surface area contributed by atoms with Crippen molar-refractivity contribution in [2.24, 2.45) is 52.3 Å². The van der Waals surface area contributed by atoms with E-state index >= 15 is 0 Å². The van der Waals surface area contributed by atoms with Crippen LogP contribution >= 0.6 is 0 Å². The monoisotopic (exact) mass is 390 g/mol. The van der Waals surface area contributed by atoms with E-state index in [0.29, 0.717) is 22.7 Å². The Morgan fingerprint density at radius 3 is 2.36 bits per heavy atom. The van der Waals surface area contributed by atoms with E-state index in [1.54, 1.807) is 0 Å². The van der Waals surface area contributed by atoms with E-state index in [0.717, 1.165) is 42.9 Å². The molecule has 0 spiro atoms. The molecule has 0 amide bonds. The third-order valence-electron chi connectivity index (χ3n) is 10.5. The summed E-state index contributed by atoms with van der Waals surface area (Å²) in [5.41, 5.74) is 0.862. The second-order valence-corrected chi connectivity index (χ2v) is 11.8. The number of aliphatic hydroxyl groups excluding tert-OH is 1. The standard InChI is InChI=1S/C25H42O3/c1-15(13-16(2)23(27)28)20-7-8-21-19-6-5-17-14-18(26)9-11-24(17,3)22(19)10-12-25(20,21)4/h15-22,26H,5-14H2,1-4H3,(H,27,28)/t15-,16-,17-,18-,19+,20-,21+,22+,24+,25-/m1/s1. The van der Waals surface area contributed by atoms with Gasteiger partial charge in [-0.05, 0) is 111 Å². The Morgan fingerprint density at radius 2 is 1.64 bits per heavy atom. The van der Waals surface area contributed by atoms with E-state index in [1.807, 2.05) is 6.92 Å². The van der Waals surface area contributed by atoms with Crippen molar-refractivity contribution in [3.05, 3.63) is 0 Å². The quantitative estimate of drug-likeness (QED) is 0.642. The van der Waals surface area contributed by atoms with E-state index in [1.165, 1.54) is 44.9 Å². The van der Waals surface area contributed by atoms with Crippen LogP contribution in [0.3, 0.4) is 0 Å². The van der Waals surface area contributed by atoms with Crippen molar-refractivity contribution in [3.8, 4) is 0 Å². The van der Waals surface area contributed by atoms with Crippen molar-refractivity contribution >= 4 is 5.97 Å². The molecule has 0 aromatic rings. The first kappa shape index (κ1) is 20.7. The second kappa shape index (κ2) is 7.29. The molecule has 3 nitrogen and oxygen atoms in total. The van der Waals surface area contributed by atoms with Crippen molar-refractivity contribution in [3.63, 3.8) is 0 Å². The topological polar surface area (TPSA) is 57.5 Å². The first-order valence-corrected chi connectivity index (χ1v) is 12.1. The summed E-state index contributed by atoms with van der Waals surface area (Å²) in [6.07, 6.45) is 12.1. The number of carboxylic acids is 1. The number of carbonyl (C=O) groups is 1. The summed E-state index contributed by atoms with van der Waals surface area (Å²) >= 11 is 0. The summed E-state index contributed by atoms with van der Waals surface area (Å²) in [5, 5.41) is 19.6. The highest BCUT2D eigenvalue weighted by molar-refractivity contribution is 5.69. The molecule has 0 unspecified atom stereocenters. The first-order valence-electron chi connectivity index (χ1n) is 12.1. The molecule has 4 saturated carbocycles. The van der Waals surface area contributed by atoms with Crippen LogP contribution in [0.5, 0.6) is 0 Å². The van der Waals surface area contributed by atoms with Crippen LogP contribution in [0.1, 0.15) is 91.9 Å². The molecule has 0 aromatic carbocycles. The van der Waals surface area contributed by atoms with Gasteiger partial charge in [-0.2, -0.15) is 0 Å². The van der Waals surface area contributed by atoms with E-state index in [-0.39, 0.29) is 12.0 Å². The van der Waals surface area contributed by atoms with Crippen molar-refractivity contribution < 1.29 is 15.0 Å². The molecule has 0 heterocycles. The van der Waals surface area contributed by atoms with E-state index in [4.69, 9.17) is 0 Å². The predicted molar refractivity (Wildman–Crippen MR) is 112 cm³/mol. The number of aliphatic hydroxyl groups is 1. The Balaban J connectivity index is 1.51. The van der Waals surface area contributed by atoms with Crippen molar-refractivity contribution in [2.45, 2.75) is 98.0 Å². The lowest BCUT2D eigenvalue weighted by Crippen LogP contribution is -2.54. The van der Waals surface area contributed by atoms with Gasteiger partial charge in [0.05, 0.1) is 12.0 Å². The lowest BCUT2D eigenvalue weighted by atomic mass is 9.44. The fraction of sp³-hybridized carbons (Fsp3) is 0.960. The molecule has 2 N–H and O–H groups in total. The summed E-state index contributed by atoms with van der Waals surface area (Å²) < 4.78 is 0. The van der Waals surface area contributed by atoms with Gasteiger partial charge < -0.3 is 10.2 Å². The molecule has 0 aliphatic heterocycles. The summed E-state index contributed by atoms with van der Waals surface area (Å²) in [6.45, 7) is 9.33. The fourth-order valence-corrected chi connectivity index (χ4v) is 9.03. The third kappa shape index (κ3) is 3.15. The lowest BCUT2D eigenvalue weighted by molar-refractivity contribution is -0.142. The lowest BCUT2D eigenvalue weighted by Gasteiger charge is -2.61. The van der Waals surface area contributed by atoms with Gasteiger partial charge in [0.15, 0.2) is 0 Å². The highest BCUT2D eigenvalue weighted by Gasteiger charge is 2.60. The Hall–Kier alpha value is -0.570. The average molecular weight is 391 g/mol. The van der Waals surface area contributed by atoms with Gasteiger partial charge in [-0.1, -0.05) is 27.7 Å². The van der Waals surface area contributed by atoms with Gasteiger partial charge in [0, 0.05) is 0 Å². The maximum Gasteiger partial charge on any atom is 0.306 e. The number of rotatable bonds is 4. The smallest absolute Gasteiger partial charge is 0.306 e. The molecule has 28 heavy (non-hydrogen) atoms. The third-order valence-corrected chi connectivity index (χ3v) is 10.5. The van der Waals surface area contributed by atoms with Crippen LogP contribution in [-0.4, -0.2) is 22.3 Å². The first-order chi connectivity index (χ1) is 13.2. The van der Waals surface area contributed by atoms with Crippen molar-refractivity contribution in [1.82, 2.24) is 0 Å². The minimum Gasteiger partial charge on any atom is -0.481 e. The van der Waals surface area contributed by atoms with Gasteiger partial charge in [-0.25, -0.2) is 0 Å². The maximum absolute atomic E-state index is 11.4. The predicted octanol–water partition coefficient (Wildman–Crippen LogP) is 5.75. The Bertz CT molecular complexity index is 603. The summed E-state index contributed by atoms with van der Waals surface area (Å²) in [4.78, 5) is 11.4. The Morgan fingerprint density at radius 1 is 0.964 bits per heavy atom. The number of hydrogen-bond donors (Lipinski definition) is 2. The zero-order chi connectivity index (χ0) is 20.3. The summed E-state index contributed by atoms with van der Waals surface area (Å²) in [6, 6.07) is 0. The number of aliphatic carboxylic acids is 1.